The molecule has 1 atom stereocenters. The first-order valence-corrected chi connectivity index (χ1v) is 8.77. The fourth-order valence-corrected chi connectivity index (χ4v) is 2.98. The van der Waals surface area contributed by atoms with Crippen molar-refractivity contribution < 1.29 is 14.0 Å². The lowest BCUT2D eigenvalue weighted by Crippen LogP contribution is -2.47. The van der Waals surface area contributed by atoms with Gasteiger partial charge in [-0.05, 0) is 42.3 Å². The van der Waals surface area contributed by atoms with E-state index in [4.69, 9.17) is 23.2 Å². The maximum atomic E-state index is 13.1. The molecule has 0 fully saturated rings. The lowest BCUT2D eigenvalue weighted by molar-refractivity contribution is -0.139. The highest BCUT2D eigenvalue weighted by Crippen LogP contribution is 2.22. The Morgan fingerprint density at radius 1 is 1.15 bits per heavy atom. The van der Waals surface area contributed by atoms with Gasteiger partial charge < -0.3 is 10.2 Å². The molecule has 138 valence electrons. The van der Waals surface area contributed by atoms with Crippen molar-refractivity contribution in [2.45, 2.75) is 25.9 Å². The quantitative estimate of drug-likeness (QED) is 0.806. The van der Waals surface area contributed by atoms with Crippen molar-refractivity contribution in [3.8, 4) is 0 Å². The Kier molecular flexibility index (Phi) is 7.00. The van der Waals surface area contributed by atoms with Crippen LogP contribution in [0.2, 0.25) is 10.0 Å². The van der Waals surface area contributed by atoms with Crippen LogP contribution in [0.1, 0.15) is 18.1 Å². The van der Waals surface area contributed by atoms with Gasteiger partial charge in [0.05, 0.1) is 6.42 Å². The Morgan fingerprint density at radius 3 is 2.38 bits per heavy atom. The standard InChI is InChI=1S/C19H19Cl2FN2O2/c1-12(19(26)23-2)24(11-13-3-7-16(22)8-4-13)18(25)9-14-5-6-15(20)10-17(14)21/h3-8,10,12H,9,11H2,1-2H3,(H,23,26). The molecule has 2 amide bonds. The minimum atomic E-state index is -0.691. The predicted molar refractivity (Wildman–Crippen MR) is 101 cm³/mol. The Labute approximate surface area is 161 Å². The topological polar surface area (TPSA) is 49.4 Å². The second-order valence-corrected chi connectivity index (χ2v) is 6.69. The number of benzene rings is 2. The van der Waals surface area contributed by atoms with Gasteiger partial charge in [-0.25, -0.2) is 4.39 Å². The number of rotatable bonds is 6. The molecule has 7 heteroatoms. The van der Waals surface area contributed by atoms with E-state index in [2.05, 4.69) is 5.32 Å². The molecule has 0 aliphatic heterocycles. The maximum Gasteiger partial charge on any atom is 0.242 e. The van der Waals surface area contributed by atoms with Crippen LogP contribution in [0.15, 0.2) is 42.5 Å². The first-order valence-electron chi connectivity index (χ1n) is 8.01. The van der Waals surface area contributed by atoms with Gasteiger partial charge in [-0.15, -0.1) is 0 Å². The normalized spacial score (nSPS) is 11.7. The number of hydrogen-bond acceptors (Lipinski definition) is 2. The molecule has 2 rings (SSSR count). The van der Waals surface area contributed by atoms with Crippen molar-refractivity contribution in [3.63, 3.8) is 0 Å². The number of amides is 2. The van der Waals surface area contributed by atoms with Crippen molar-refractivity contribution in [3.05, 3.63) is 69.5 Å². The van der Waals surface area contributed by atoms with Crippen LogP contribution < -0.4 is 5.32 Å². The van der Waals surface area contributed by atoms with Gasteiger partial charge in [0, 0.05) is 23.6 Å². The summed E-state index contributed by atoms with van der Waals surface area (Å²) >= 11 is 12.0. The molecule has 2 aromatic rings. The van der Waals surface area contributed by atoms with E-state index in [1.165, 1.54) is 24.1 Å². The summed E-state index contributed by atoms with van der Waals surface area (Å²) in [6, 6.07) is 10.0. The summed E-state index contributed by atoms with van der Waals surface area (Å²) in [7, 11) is 1.51. The number of hydrogen-bond donors (Lipinski definition) is 1. The van der Waals surface area contributed by atoms with Crippen LogP contribution >= 0.6 is 23.2 Å². The summed E-state index contributed by atoms with van der Waals surface area (Å²) in [6.45, 7) is 1.82. The summed E-state index contributed by atoms with van der Waals surface area (Å²) in [5.74, 6) is -0.920. The van der Waals surface area contributed by atoms with Crippen molar-refractivity contribution in [1.29, 1.82) is 0 Å². The maximum absolute atomic E-state index is 13.1. The Hall–Kier alpha value is -2.11. The third-order valence-corrected chi connectivity index (χ3v) is 4.62. The molecule has 0 saturated carbocycles. The van der Waals surface area contributed by atoms with E-state index in [0.717, 1.165) is 5.56 Å². The number of likely N-dealkylation sites (N-methyl/N-ethyl adjacent to an activating group) is 1. The van der Waals surface area contributed by atoms with Crippen LogP contribution in [0.25, 0.3) is 0 Å². The third kappa shape index (κ3) is 5.19. The number of halogens is 3. The minimum Gasteiger partial charge on any atom is -0.357 e. The van der Waals surface area contributed by atoms with Crippen LogP contribution in [0.3, 0.4) is 0 Å². The smallest absolute Gasteiger partial charge is 0.242 e. The summed E-state index contributed by atoms with van der Waals surface area (Å²) in [5, 5.41) is 3.41. The summed E-state index contributed by atoms with van der Waals surface area (Å²) in [4.78, 5) is 26.4. The van der Waals surface area contributed by atoms with E-state index in [0.29, 0.717) is 15.6 Å². The van der Waals surface area contributed by atoms with Crippen molar-refractivity contribution in [2.24, 2.45) is 0 Å². The van der Waals surface area contributed by atoms with E-state index in [1.54, 1.807) is 37.3 Å². The number of carbonyl (C=O) groups is 2. The molecule has 0 heterocycles. The van der Waals surface area contributed by atoms with Crippen LogP contribution in [-0.4, -0.2) is 29.8 Å². The zero-order valence-electron chi connectivity index (χ0n) is 14.4. The van der Waals surface area contributed by atoms with Gasteiger partial charge in [0.2, 0.25) is 11.8 Å². The van der Waals surface area contributed by atoms with Gasteiger partial charge in [0.15, 0.2) is 0 Å². The zero-order valence-corrected chi connectivity index (χ0v) is 15.9. The Balaban J connectivity index is 2.25. The second kappa shape index (κ2) is 9.01. The predicted octanol–water partition coefficient (Wildman–Crippen LogP) is 3.84. The molecule has 2 aromatic carbocycles. The number of carbonyl (C=O) groups excluding carboxylic acids is 2. The molecule has 0 aliphatic rings. The minimum absolute atomic E-state index is 0.0263. The van der Waals surface area contributed by atoms with Gasteiger partial charge in [-0.2, -0.15) is 0 Å². The highest BCUT2D eigenvalue weighted by Gasteiger charge is 2.26. The van der Waals surface area contributed by atoms with Crippen LogP contribution in [0.4, 0.5) is 4.39 Å². The van der Waals surface area contributed by atoms with Crippen molar-refractivity contribution >= 4 is 35.0 Å². The molecule has 0 aliphatic carbocycles. The fraction of sp³-hybridized carbons (Fsp3) is 0.263. The molecule has 0 aromatic heterocycles. The number of nitrogens with zero attached hydrogens (tertiary/aromatic N) is 1. The molecular formula is C19H19Cl2FN2O2. The number of nitrogens with one attached hydrogen (secondary N) is 1. The first kappa shape index (κ1) is 20.2. The molecule has 0 radical (unpaired) electrons. The molecule has 4 nitrogen and oxygen atoms in total. The van der Waals surface area contributed by atoms with Gasteiger partial charge in [-0.3, -0.25) is 9.59 Å². The Bertz CT molecular complexity index is 797. The highest BCUT2D eigenvalue weighted by molar-refractivity contribution is 6.35. The summed E-state index contributed by atoms with van der Waals surface area (Å²) in [5.41, 5.74) is 1.34. The zero-order chi connectivity index (χ0) is 19.3. The molecular weight excluding hydrogens is 378 g/mol. The highest BCUT2D eigenvalue weighted by atomic mass is 35.5. The molecule has 1 N–H and O–H groups in total. The van der Waals surface area contributed by atoms with Gasteiger partial charge >= 0.3 is 0 Å². The summed E-state index contributed by atoms with van der Waals surface area (Å²) < 4.78 is 13.1. The molecule has 0 spiro atoms. The lowest BCUT2D eigenvalue weighted by Gasteiger charge is -2.28. The molecule has 1 unspecified atom stereocenters. The van der Waals surface area contributed by atoms with Crippen LogP contribution in [0.5, 0.6) is 0 Å². The fourth-order valence-electron chi connectivity index (χ4n) is 2.51. The Morgan fingerprint density at radius 2 is 1.81 bits per heavy atom. The van der Waals surface area contributed by atoms with Crippen LogP contribution in [-0.2, 0) is 22.6 Å². The lowest BCUT2D eigenvalue weighted by atomic mass is 10.1. The largest absolute Gasteiger partial charge is 0.357 e. The van der Waals surface area contributed by atoms with Crippen molar-refractivity contribution in [1.82, 2.24) is 10.2 Å². The molecule has 26 heavy (non-hydrogen) atoms. The second-order valence-electron chi connectivity index (χ2n) is 5.85. The van der Waals surface area contributed by atoms with Crippen LogP contribution in [0, 0.1) is 5.82 Å². The third-order valence-electron chi connectivity index (χ3n) is 4.04. The van der Waals surface area contributed by atoms with Gasteiger partial charge in [0.1, 0.15) is 11.9 Å². The first-order chi connectivity index (χ1) is 12.3. The van der Waals surface area contributed by atoms with E-state index >= 15 is 0 Å². The van der Waals surface area contributed by atoms with E-state index in [-0.39, 0.29) is 30.6 Å². The van der Waals surface area contributed by atoms with E-state index in [1.807, 2.05) is 0 Å². The monoisotopic (exact) mass is 396 g/mol. The average Bonchev–Trinajstić information content (AvgIpc) is 2.62. The van der Waals surface area contributed by atoms with E-state index < -0.39 is 6.04 Å². The van der Waals surface area contributed by atoms with Crippen molar-refractivity contribution in [2.75, 3.05) is 7.05 Å². The molecule has 0 bridgehead atoms. The summed E-state index contributed by atoms with van der Waals surface area (Å²) in [6.07, 6.45) is 0.0263. The molecule has 0 saturated heterocycles. The van der Waals surface area contributed by atoms with Gasteiger partial charge in [0.25, 0.3) is 0 Å². The SMILES string of the molecule is CNC(=O)C(C)N(Cc1ccc(F)cc1)C(=O)Cc1ccc(Cl)cc1Cl. The van der Waals surface area contributed by atoms with E-state index in [9.17, 15) is 14.0 Å². The average molecular weight is 397 g/mol. The van der Waals surface area contributed by atoms with Gasteiger partial charge in [-0.1, -0.05) is 41.4 Å².